The van der Waals surface area contributed by atoms with Gasteiger partial charge in [0.05, 0.1) is 6.61 Å². The molecule has 0 bridgehead atoms. The normalized spacial score (nSPS) is 18.9. The summed E-state index contributed by atoms with van der Waals surface area (Å²) in [6, 6.07) is 0. The fraction of sp³-hybridized carbons (Fsp3) is 0.727. The van der Waals surface area contributed by atoms with Gasteiger partial charge >= 0.3 is 0 Å². The number of aromatic nitrogens is 1. The minimum absolute atomic E-state index is 0.0939. The van der Waals surface area contributed by atoms with Crippen molar-refractivity contribution < 1.29 is 18.0 Å². The molecule has 2 heterocycles. The molecule has 1 aliphatic rings. The van der Waals surface area contributed by atoms with Crippen molar-refractivity contribution in [1.29, 1.82) is 0 Å². The zero-order valence-corrected chi connectivity index (χ0v) is 12.0. The van der Waals surface area contributed by atoms with Crippen LogP contribution in [0.5, 0.6) is 0 Å². The molecular weight excluding hydrogens is 270 g/mol. The van der Waals surface area contributed by atoms with Crippen LogP contribution >= 0.6 is 0 Å². The number of sulfonamides is 1. The maximum atomic E-state index is 12.5. The van der Waals surface area contributed by atoms with Crippen LogP contribution in [0.1, 0.15) is 11.5 Å². The number of nitrogens with zero attached hydrogens (tertiary/aromatic N) is 3. The molecule has 1 N–H and O–H groups in total. The van der Waals surface area contributed by atoms with E-state index in [0.29, 0.717) is 44.2 Å². The van der Waals surface area contributed by atoms with Gasteiger partial charge in [-0.3, -0.25) is 4.90 Å². The Bertz CT molecular complexity index is 513. The lowest BCUT2D eigenvalue weighted by Gasteiger charge is -2.33. The molecule has 0 spiro atoms. The van der Waals surface area contributed by atoms with Crippen LogP contribution in [0.15, 0.2) is 9.42 Å². The molecule has 0 aliphatic carbocycles. The molecule has 108 valence electrons. The second kappa shape index (κ2) is 5.58. The SMILES string of the molecule is Cc1noc(C)c1S(=O)(=O)N1CCN(CCO)CC1. The van der Waals surface area contributed by atoms with E-state index in [1.165, 1.54) is 4.31 Å². The number of piperazine rings is 1. The van der Waals surface area contributed by atoms with Crippen LogP contribution in [0, 0.1) is 13.8 Å². The molecule has 0 amide bonds. The van der Waals surface area contributed by atoms with Crippen molar-refractivity contribution in [3.05, 3.63) is 11.5 Å². The van der Waals surface area contributed by atoms with Gasteiger partial charge < -0.3 is 9.63 Å². The summed E-state index contributed by atoms with van der Waals surface area (Å²) in [5, 5.41) is 12.6. The number of rotatable bonds is 4. The van der Waals surface area contributed by atoms with E-state index >= 15 is 0 Å². The van der Waals surface area contributed by atoms with E-state index in [1.807, 2.05) is 4.90 Å². The van der Waals surface area contributed by atoms with Gasteiger partial charge in [0.1, 0.15) is 10.6 Å². The van der Waals surface area contributed by atoms with Crippen LogP contribution in [-0.4, -0.2) is 67.2 Å². The summed E-state index contributed by atoms with van der Waals surface area (Å²) in [6.07, 6.45) is 0. The second-order valence-electron chi connectivity index (χ2n) is 4.62. The quantitative estimate of drug-likeness (QED) is 0.811. The first kappa shape index (κ1) is 14.4. The monoisotopic (exact) mass is 289 g/mol. The molecule has 0 aromatic carbocycles. The zero-order valence-electron chi connectivity index (χ0n) is 11.2. The van der Waals surface area contributed by atoms with E-state index in [0.717, 1.165) is 0 Å². The highest BCUT2D eigenvalue weighted by Crippen LogP contribution is 2.23. The van der Waals surface area contributed by atoms with Crippen LogP contribution in [0.4, 0.5) is 0 Å². The molecule has 1 saturated heterocycles. The molecule has 1 aromatic rings. The van der Waals surface area contributed by atoms with Crippen molar-refractivity contribution in [3.63, 3.8) is 0 Å². The molecule has 1 aromatic heterocycles. The molecular formula is C11H19N3O4S. The highest BCUT2D eigenvalue weighted by atomic mass is 32.2. The highest BCUT2D eigenvalue weighted by molar-refractivity contribution is 7.89. The standard InChI is InChI=1S/C11H19N3O4S/c1-9-11(10(2)18-12-9)19(16,17)14-5-3-13(4-6-14)7-8-15/h15H,3-8H2,1-2H3. The van der Waals surface area contributed by atoms with Crippen molar-refractivity contribution in [2.24, 2.45) is 0 Å². The van der Waals surface area contributed by atoms with Crippen LogP contribution in [-0.2, 0) is 10.0 Å². The Labute approximate surface area is 112 Å². The largest absolute Gasteiger partial charge is 0.395 e. The number of hydrogen-bond donors (Lipinski definition) is 1. The summed E-state index contributed by atoms with van der Waals surface area (Å²) in [5.41, 5.74) is 0.398. The topological polar surface area (TPSA) is 86.9 Å². The Morgan fingerprint density at radius 3 is 2.37 bits per heavy atom. The Balaban J connectivity index is 2.15. The lowest BCUT2D eigenvalue weighted by atomic mass is 10.4. The van der Waals surface area contributed by atoms with E-state index in [1.54, 1.807) is 13.8 Å². The fourth-order valence-corrected chi connectivity index (χ4v) is 4.02. The van der Waals surface area contributed by atoms with Crippen molar-refractivity contribution in [3.8, 4) is 0 Å². The highest BCUT2D eigenvalue weighted by Gasteiger charge is 2.32. The molecule has 0 radical (unpaired) electrons. The number of aliphatic hydroxyl groups is 1. The third kappa shape index (κ3) is 2.81. The van der Waals surface area contributed by atoms with Crippen molar-refractivity contribution in [2.75, 3.05) is 39.3 Å². The minimum Gasteiger partial charge on any atom is -0.395 e. The van der Waals surface area contributed by atoms with E-state index < -0.39 is 10.0 Å². The Morgan fingerprint density at radius 2 is 1.89 bits per heavy atom. The minimum atomic E-state index is -3.53. The first-order valence-corrected chi connectivity index (χ1v) is 7.67. The van der Waals surface area contributed by atoms with Crippen LogP contribution in [0.2, 0.25) is 0 Å². The molecule has 2 rings (SSSR count). The number of aliphatic hydroxyl groups excluding tert-OH is 1. The van der Waals surface area contributed by atoms with Gasteiger partial charge in [0.25, 0.3) is 0 Å². The maximum absolute atomic E-state index is 12.5. The molecule has 7 nitrogen and oxygen atoms in total. The Kier molecular flexibility index (Phi) is 4.24. The third-order valence-corrected chi connectivity index (χ3v) is 5.46. The van der Waals surface area contributed by atoms with Gasteiger partial charge in [-0.2, -0.15) is 4.31 Å². The summed E-state index contributed by atoms with van der Waals surface area (Å²) < 4.78 is 31.4. The summed E-state index contributed by atoms with van der Waals surface area (Å²) in [5.74, 6) is 0.329. The molecule has 1 aliphatic heterocycles. The Morgan fingerprint density at radius 1 is 1.26 bits per heavy atom. The molecule has 19 heavy (non-hydrogen) atoms. The Hall–Kier alpha value is -0.960. The van der Waals surface area contributed by atoms with E-state index in [9.17, 15) is 8.42 Å². The molecule has 1 fully saturated rings. The predicted molar refractivity (Wildman–Crippen MR) is 68.3 cm³/mol. The van der Waals surface area contributed by atoms with E-state index in [-0.39, 0.29) is 11.5 Å². The number of β-amino-alcohol motifs (C(OH)–C–C–N with tert-alkyl or cyclic N) is 1. The molecule has 0 unspecified atom stereocenters. The van der Waals surface area contributed by atoms with Crippen molar-refractivity contribution >= 4 is 10.0 Å². The molecule has 0 atom stereocenters. The summed E-state index contributed by atoms with van der Waals surface area (Å²) in [4.78, 5) is 2.22. The van der Waals surface area contributed by atoms with Crippen molar-refractivity contribution in [2.45, 2.75) is 18.7 Å². The predicted octanol–water partition coefficient (Wildman–Crippen LogP) is -0.410. The lowest BCUT2D eigenvalue weighted by molar-refractivity contribution is 0.151. The zero-order chi connectivity index (χ0) is 14.0. The average molecular weight is 289 g/mol. The van der Waals surface area contributed by atoms with Gasteiger partial charge in [-0.25, -0.2) is 8.42 Å². The van der Waals surface area contributed by atoms with Gasteiger partial charge in [0.2, 0.25) is 10.0 Å². The van der Waals surface area contributed by atoms with Crippen LogP contribution in [0.25, 0.3) is 0 Å². The maximum Gasteiger partial charge on any atom is 0.248 e. The van der Waals surface area contributed by atoms with Gasteiger partial charge in [0, 0.05) is 32.7 Å². The van der Waals surface area contributed by atoms with Gasteiger partial charge in [-0.1, -0.05) is 5.16 Å². The second-order valence-corrected chi connectivity index (χ2v) is 6.50. The first-order chi connectivity index (χ1) is 8.96. The fourth-order valence-electron chi connectivity index (χ4n) is 2.31. The third-order valence-electron chi connectivity index (χ3n) is 3.31. The summed E-state index contributed by atoms with van der Waals surface area (Å²) >= 11 is 0. The van der Waals surface area contributed by atoms with E-state index in [2.05, 4.69) is 5.16 Å². The van der Waals surface area contributed by atoms with E-state index in [4.69, 9.17) is 9.63 Å². The van der Waals surface area contributed by atoms with Crippen LogP contribution in [0.3, 0.4) is 0 Å². The average Bonchev–Trinajstić information content (AvgIpc) is 2.70. The summed E-state index contributed by atoms with van der Waals surface area (Å²) in [7, 11) is -3.53. The summed E-state index contributed by atoms with van der Waals surface area (Å²) in [6.45, 7) is 6.02. The van der Waals surface area contributed by atoms with Gasteiger partial charge in [0.15, 0.2) is 5.76 Å². The lowest BCUT2D eigenvalue weighted by Crippen LogP contribution is -2.49. The first-order valence-electron chi connectivity index (χ1n) is 6.23. The van der Waals surface area contributed by atoms with Crippen LogP contribution < -0.4 is 0 Å². The van der Waals surface area contributed by atoms with Crippen molar-refractivity contribution in [1.82, 2.24) is 14.4 Å². The number of hydrogen-bond acceptors (Lipinski definition) is 6. The number of aryl methyl sites for hydroxylation is 2. The van der Waals surface area contributed by atoms with Gasteiger partial charge in [-0.05, 0) is 13.8 Å². The van der Waals surface area contributed by atoms with Gasteiger partial charge in [-0.15, -0.1) is 0 Å². The molecule has 0 saturated carbocycles. The molecule has 8 heteroatoms. The smallest absolute Gasteiger partial charge is 0.248 e.